The minimum absolute atomic E-state index is 0.0846. The van der Waals surface area contributed by atoms with Crippen LogP contribution in [0.3, 0.4) is 0 Å². The molecule has 0 radical (unpaired) electrons. The Kier molecular flexibility index (Phi) is 7.23. The molecule has 3 aliphatic rings. The zero-order valence-corrected chi connectivity index (χ0v) is 19.8. The molecule has 1 saturated heterocycles. The molecule has 0 spiro atoms. The molecule has 1 fully saturated rings. The quantitative estimate of drug-likeness (QED) is 0.557. The van der Waals surface area contributed by atoms with Crippen molar-refractivity contribution >= 4 is 27.8 Å². The van der Waals surface area contributed by atoms with Crippen molar-refractivity contribution in [2.75, 3.05) is 32.1 Å². The van der Waals surface area contributed by atoms with Crippen LogP contribution in [-0.4, -0.2) is 58.2 Å². The van der Waals surface area contributed by atoms with Crippen LogP contribution < -0.4 is 15.4 Å². The number of urea groups is 1. The van der Waals surface area contributed by atoms with Gasteiger partial charge < -0.3 is 15.4 Å². The molecule has 9 nitrogen and oxygen atoms in total. The van der Waals surface area contributed by atoms with E-state index in [1.54, 1.807) is 6.08 Å². The number of hydrogen-bond donors (Lipinski definition) is 3. The third kappa shape index (κ3) is 5.67. The second-order valence-electron chi connectivity index (χ2n) is 8.80. The maximum Gasteiger partial charge on any atom is 0.406 e. The highest BCUT2D eigenvalue weighted by molar-refractivity contribution is 7.92. The SMILES string of the molecule is CNC(=O)OCCN1CCC[C@@H]1/C=C/S(=O)(=O)NC(=O)Nc1c2c(cc3c1CCC3)CCC2. The number of amides is 3. The number of likely N-dealkylation sites (tertiary alicyclic amines) is 1. The molecule has 180 valence electrons. The molecule has 0 aromatic heterocycles. The maximum atomic E-state index is 12.6. The number of nitrogens with one attached hydrogen (secondary N) is 3. The molecule has 1 heterocycles. The Balaban J connectivity index is 1.36. The van der Waals surface area contributed by atoms with E-state index in [0.717, 1.165) is 80.1 Å². The van der Waals surface area contributed by atoms with Crippen LogP contribution in [0.15, 0.2) is 17.6 Å². The molecule has 0 unspecified atom stereocenters. The first-order valence-electron chi connectivity index (χ1n) is 11.6. The molecule has 1 aromatic carbocycles. The number of hydrogen-bond acceptors (Lipinski definition) is 6. The van der Waals surface area contributed by atoms with Crippen molar-refractivity contribution < 1.29 is 22.7 Å². The zero-order chi connectivity index (χ0) is 23.4. The third-order valence-corrected chi connectivity index (χ3v) is 7.64. The van der Waals surface area contributed by atoms with Gasteiger partial charge in [-0.05, 0) is 80.2 Å². The van der Waals surface area contributed by atoms with Crippen molar-refractivity contribution in [3.05, 3.63) is 39.8 Å². The van der Waals surface area contributed by atoms with Gasteiger partial charge in [-0.2, -0.15) is 0 Å². The van der Waals surface area contributed by atoms with Crippen LogP contribution in [-0.2, 0) is 40.4 Å². The van der Waals surface area contributed by atoms with Crippen LogP contribution in [0.1, 0.15) is 47.9 Å². The molecule has 0 saturated carbocycles. The van der Waals surface area contributed by atoms with Gasteiger partial charge in [-0.15, -0.1) is 0 Å². The van der Waals surface area contributed by atoms with Gasteiger partial charge in [0.1, 0.15) is 6.61 Å². The van der Waals surface area contributed by atoms with E-state index in [0.29, 0.717) is 6.54 Å². The Morgan fingerprint density at radius 2 is 1.82 bits per heavy atom. The van der Waals surface area contributed by atoms with E-state index >= 15 is 0 Å². The number of sulfonamides is 1. The lowest BCUT2D eigenvalue weighted by Gasteiger charge is -2.21. The van der Waals surface area contributed by atoms with E-state index in [9.17, 15) is 18.0 Å². The van der Waals surface area contributed by atoms with Crippen molar-refractivity contribution in [1.29, 1.82) is 0 Å². The Labute approximate surface area is 195 Å². The Hall–Kier alpha value is -2.59. The van der Waals surface area contributed by atoms with E-state index in [1.165, 1.54) is 18.2 Å². The van der Waals surface area contributed by atoms with Gasteiger partial charge in [-0.1, -0.05) is 12.1 Å². The molecule has 0 bridgehead atoms. The smallest absolute Gasteiger partial charge is 0.406 e. The lowest BCUT2D eigenvalue weighted by molar-refractivity contribution is 0.130. The highest BCUT2D eigenvalue weighted by Gasteiger charge is 2.26. The van der Waals surface area contributed by atoms with E-state index in [1.807, 2.05) is 0 Å². The standard InChI is InChI=1S/C23H32N4O5S/c1-24-23(29)32-13-12-27-11-4-7-18(27)10-14-33(30,31)26-22(28)25-21-19-8-2-5-16(19)15-17-6-3-9-20(17)21/h10,14-15,18H,2-9,11-13H2,1H3,(H,24,29)(H2,25,26,28)/b14-10+/t18-/m1/s1. The molecular weight excluding hydrogens is 444 g/mol. The van der Waals surface area contributed by atoms with Crippen LogP contribution in [0.2, 0.25) is 0 Å². The fourth-order valence-corrected chi connectivity index (χ4v) is 5.90. The molecule has 33 heavy (non-hydrogen) atoms. The average molecular weight is 477 g/mol. The first-order chi connectivity index (χ1) is 15.9. The van der Waals surface area contributed by atoms with Crippen molar-refractivity contribution in [1.82, 2.24) is 14.9 Å². The van der Waals surface area contributed by atoms with Crippen molar-refractivity contribution in [2.45, 2.75) is 57.4 Å². The van der Waals surface area contributed by atoms with Crippen LogP contribution >= 0.6 is 0 Å². The largest absolute Gasteiger partial charge is 0.448 e. The summed E-state index contributed by atoms with van der Waals surface area (Å²) in [7, 11) is -2.45. The van der Waals surface area contributed by atoms with Gasteiger partial charge in [-0.3, -0.25) is 4.90 Å². The molecule has 1 aliphatic heterocycles. The molecule has 3 amide bonds. The summed E-state index contributed by atoms with van der Waals surface area (Å²) < 4.78 is 32.2. The summed E-state index contributed by atoms with van der Waals surface area (Å²) in [6.07, 6.45) is 8.78. The number of carbonyl (C=O) groups is 2. The topological polar surface area (TPSA) is 117 Å². The van der Waals surface area contributed by atoms with E-state index in [2.05, 4.69) is 26.3 Å². The minimum atomic E-state index is -3.94. The van der Waals surface area contributed by atoms with Gasteiger partial charge >= 0.3 is 12.1 Å². The zero-order valence-electron chi connectivity index (χ0n) is 19.0. The fraction of sp³-hybridized carbons (Fsp3) is 0.565. The number of nitrogens with zero attached hydrogens (tertiary/aromatic N) is 1. The normalized spacial score (nSPS) is 20.0. The van der Waals surface area contributed by atoms with Gasteiger partial charge in [0.25, 0.3) is 10.0 Å². The Morgan fingerprint density at radius 1 is 1.12 bits per heavy atom. The van der Waals surface area contributed by atoms with Crippen LogP contribution in [0.25, 0.3) is 0 Å². The summed E-state index contributed by atoms with van der Waals surface area (Å²) >= 11 is 0. The second kappa shape index (κ2) is 10.1. The number of ether oxygens (including phenoxy) is 1. The first-order valence-corrected chi connectivity index (χ1v) is 13.2. The highest BCUT2D eigenvalue weighted by atomic mass is 32.2. The van der Waals surface area contributed by atoms with Gasteiger partial charge in [0.2, 0.25) is 0 Å². The molecule has 1 aromatic rings. The Morgan fingerprint density at radius 3 is 2.48 bits per heavy atom. The van der Waals surface area contributed by atoms with E-state index in [4.69, 9.17) is 4.74 Å². The van der Waals surface area contributed by atoms with Crippen molar-refractivity contribution in [2.24, 2.45) is 0 Å². The highest BCUT2D eigenvalue weighted by Crippen LogP contribution is 2.38. The van der Waals surface area contributed by atoms with E-state index < -0.39 is 22.1 Å². The van der Waals surface area contributed by atoms with Gasteiger partial charge in [0, 0.05) is 30.7 Å². The lowest BCUT2D eigenvalue weighted by atomic mass is 9.99. The number of aryl methyl sites for hydroxylation is 2. The molecule has 4 rings (SSSR count). The maximum absolute atomic E-state index is 12.6. The number of fused-ring (bicyclic) bond motifs is 2. The van der Waals surface area contributed by atoms with Crippen LogP contribution in [0.5, 0.6) is 0 Å². The summed E-state index contributed by atoms with van der Waals surface area (Å²) in [5, 5.41) is 6.31. The van der Waals surface area contributed by atoms with Gasteiger partial charge in [0.15, 0.2) is 0 Å². The molecule has 2 aliphatic carbocycles. The van der Waals surface area contributed by atoms with Gasteiger partial charge in [0.05, 0.1) is 0 Å². The van der Waals surface area contributed by atoms with Gasteiger partial charge in [-0.25, -0.2) is 22.7 Å². The minimum Gasteiger partial charge on any atom is -0.448 e. The molecular formula is C23H32N4O5S. The number of anilines is 1. The average Bonchev–Trinajstić information content (AvgIpc) is 3.52. The summed E-state index contributed by atoms with van der Waals surface area (Å²) in [4.78, 5) is 25.9. The van der Waals surface area contributed by atoms with E-state index in [-0.39, 0.29) is 12.6 Å². The summed E-state index contributed by atoms with van der Waals surface area (Å²) in [5.74, 6) is 0. The summed E-state index contributed by atoms with van der Waals surface area (Å²) in [5.41, 5.74) is 5.66. The van der Waals surface area contributed by atoms with Crippen molar-refractivity contribution in [3.63, 3.8) is 0 Å². The predicted molar refractivity (Wildman–Crippen MR) is 126 cm³/mol. The van der Waals surface area contributed by atoms with Crippen LogP contribution in [0.4, 0.5) is 15.3 Å². The lowest BCUT2D eigenvalue weighted by Crippen LogP contribution is -2.35. The summed E-state index contributed by atoms with van der Waals surface area (Å²) in [6.45, 7) is 1.54. The van der Waals surface area contributed by atoms with Crippen molar-refractivity contribution in [3.8, 4) is 0 Å². The second-order valence-corrected chi connectivity index (χ2v) is 10.4. The summed E-state index contributed by atoms with van der Waals surface area (Å²) in [6, 6.07) is 1.45. The first kappa shape index (κ1) is 23.6. The fourth-order valence-electron chi connectivity index (χ4n) is 5.14. The number of benzene rings is 1. The number of rotatable bonds is 7. The molecule has 3 N–H and O–H groups in total. The number of carbonyl (C=O) groups excluding carboxylic acids is 2. The predicted octanol–water partition coefficient (Wildman–Crippen LogP) is 2.45. The number of alkyl carbamates (subject to hydrolysis) is 1. The third-order valence-electron chi connectivity index (χ3n) is 6.66. The molecule has 10 heteroatoms. The monoisotopic (exact) mass is 476 g/mol. The Bertz CT molecular complexity index is 1020. The van der Waals surface area contributed by atoms with Crippen LogP contribution in [0, 0.1) is 0 Å². The molecule has 1 atom stereocenters.